The lowest BCUT2D eigenvalue weighted by Gasteiger charge is -2.25. The summed E-state index contributed by atoms with van der Waals surface area (Å²) in [4.78, 5) is 7.67. The van der Waals surface area contributed by atoms with Crippen LogP contribution in [0.2, 0.25) is 0 Å². The van der Waals surface area contributed by atoms with Crippen LogP contribution in [-0.4, -0.2) is 4.98 Å². The van der Waals surface area contributed by atoms with Gasteiger partial charge in [0, 0.05) is 15.4 Å². The maximum atomic E-state index is 4.89. The molecule has 3 unspecified atom stereocenters. The smallest absolute Gasteiger partial charge is 0.232 e. The molecule has 2 heterocycles. The molecule has 148 valence electrons. The Hall–Kier alpha value is -2.39. The van der Waals surface area contributed by atoms with Crippen LogP contribution in [0.3, 0.4) is 0 Å². The van der Waals surface area contributed by atoms with Crippen molar-refractivity contribution >= 4 is 33.4 Å². The van der Waals surface area contributed by atoms with Crippen molar-refractivity contribution in [3.05, 3.63) is 59.9 Å². The minimum Gasteiger partial charge on any atom is -0.232 e. The first-order valence-corrected chi connectivity index (χ1v) is 12.0. The molecule has 30 heavy (non-hydrogen) atoms. The Balaban J connectivity index is 1.51. The molecule has 1 aromatic heterocycles. The van der Waals surface area contributed by atoms with Crippen molar-refractivity contribution in [3.63, 3.8) is 0 Å². The predicted molar refractivity (Wildman–Crippen MR) is 123 cm³/mol. The second kappa shape index (κ2) is 6.07. The van der Waals surface area contributed by atoms with Crippen LogP contribution in [0.25, 0.3) is 32.9 Å². The highest BCUT2D eigenvalue weighted by Gasteiger charge is 2.41. The van der Waals surface area contributed by atoms with Crippen molar-refractivity contribution in [2.75, 3.05) is 0 Å². The zero-order valence-electron chi connectivity index (χ0n) is 17.5. The molecule has 2 fully saturated rings. The fraction of sp³-hybridized carbons (Fsp3) is 0.333. The molecule has 0 spiro atoms. The first kappa shape index (κ1) is 17.3. The normalized spacial score (nSPS) is 24.0. The van der Waals surface area contributed by atoms with Crippen LogP contribution in [0, 0.1) is 18.8 Å². The highest BCUT2D eigenvalue weighted by atomic mass is 32.2. The lowest BCUT2D eigenvalue weighted by molar-refractivity contribution is -0.662. The van der Waals surface area contributed by atoms with Crippen LogP contribution in [0.1, 0.15) is 42.7 Å². The van der Waals surface area contributed by atoms with E-state index >= 15 is 0 Å². The molecule has 1 aliphatic heterocycles. The second-order valence-electron chi connectivity index (χ2n) is 9.60. The number of aromatic nitrogens is 2. The fourth-order valence-electron chi connectivity index (χ4n) is 6.58. The van der Waals surface area contributed by atoms with E-state index in [0.717, 1.165) is 17.8 Å². The van der Waals surface area contributed by atoms with Crippen LogP contribution in [0.5, 0.6) is 0 Å². The molecular formula is C27H25N2S+. The van der Waals surface area contributed by atoms with Gasteiger partial charge in [0.2, 0.25) is 0 Å². The van der Waals surface area contributed by atoms with Crippen LogP contribution in [0.4, 0.5) is 0 Å². The fourth-order valence-corrected chi connectivity index (χ4v) is 7.86. The Labute approximate surface area is 181 Å². The van der Waals surface area contributed by atoms with E-state index < -0.39 is 0 Å². The summed E-state index contributed by atoms with van der Waals surface area (Å²) in [6.07, 6.45) is 7.72. The molecule has 3 heteroatoms. The molecule has 2 saturated carbocycles. The van der Waals surface area contributed by atoms with Crippen molar-refractivity contribution < 1.29 is 4.57 Å². The summed E-state index contributed by atoms with van der Waals surface area (Å²) in [6.45, 7) is 2.28. The quantitative estimate of drug-likeness (QED) is 0.292. The molecule has 3 aromatic carbocycles. The average Bonchev–Trinajstić information content (AvgIpc) is 3.39. The van der Waals surface area contributed by atoms with Crippen molar-refractivity contribution in [2.45, 2.75) is 48.3 Å². The summed E-state index contributed by atoms with van der Waals surface area (Å²) in [5.74, 6) is 2.60. The third-order valence-corrected chi connectivity index (χ3v) is 9.04. The van der Waals surface area contributed by atoms with E-state index in [-0.39, 0.29) is 0 Å². The predicted octanol–water partition coefficient (Wildman–Crippen LogP) is 6.56. The Bertz CT molecular complexity index is 1370. The van der Waals surface area contributed by atoms with Crippen molar-refractivity contribution in [1.29, 1.82) is 0 Å². The van der Waals surface area contributed by atoms with Gasteiger partial charge >= 0.3 is 0 Å². The highest BCUT2D eigenvalue weighted by Crippen LogP contribution is 2.55. The number of aryl methyl sites for hydroxylation is 2. The summed E-state index contributed by atoms with van der Waals surface area (Å²) in [5.41, 5.74) is 6.79. The van der Waals surface area contributed by atoms with Gasteiger partial charge in [0.05, 0.1) is 12.4 Å². The molecule has 0 N–H and O–H groups in total. The van der Waals surface area contributed by atoms with E-state index in [1.165, 1.54) is 79.5 Å². The Kier molecular flexibility index (Phi) is 3.50. The summed E-state index contributed by atoms with van der Waals surface area (Å²) < 4.78 is 2.23. The van der Waals surface area contributed by atoms with Crippen LogP contribution >= 0.6 is 11.8 Å². The molecule has 3 aliphatic rings. The SMILES string of the molecule is Cc1c2c(cc3ccccc13)Sc1cc(C3CC4CCC3C4)cc3nc[n+](C)c-2c13. The average molecular weight is 410 g/mol. The molecular weight excluding hydrogens is 384 g/mol. The number of hydrogen-bond acceptors (Lipinski definition) is 2. The highest BCUT2D eigenvalue weighted by molar-refractivity contribution is 7.99. The number of nitrogens with zero attached hydrogens (tertiary/aromatic N) is 2. The monoisotopic (exact) mass is 409 g/mol. The van der Waals surface area contributed by atoms with Gasteiger partial charge in [0.1, 0.15) is 5.69 Å². The zero-order valence-corrected chi connectivity index (χ0v) is 18.3. The minimum absolute atomic E-state index is 0.740. The van der Waals surface area contributed by atoms with Crippen LogP contribution < -0.4 is 4.57 Å². The molecule has 2 bridgehead atoms. The largest absolute Gasteiger partial charge is 0.287 e. The molecule has 7 rings (SSSR count). The molecule has 2 aliphatic carbocycles. The summed E-state index contributed by atoms with van der Waals surface area (Å²) >= 11 is 1.95. The van der Waals surface area contributed by atoms with Gasteiger partial charge in [0.15, 0.2) is 5.52 Å². The third-order valence-electron chi connectivity index (χ3n) is 7.96. The molecule has 3 atom stereocenters. The van der Waals surface area contributed by atoms with Crippen molar-refractivity contribution in [3.8, 4) is 11.3 Å². The number of rotatable bonds is 1. The zero-order chi connectivity index (χ0) is 20.0. The maximum Gasteiger partial charge on any atom is 0.287 e. The van der Waals surface area contributed by atoms with Gasteiger partial charge in [-0.1, -0.05) is 42.4 Å². The molecule has 0 radical (unpaired) electrons. The van der Waals surface area contributed by atoms with Gasteiger partial charge in [-0.15, -0.1) is 0 Å². The Morgan fingerprint density at radius 2 is 1.93 bits per heavy atom. The molecule has 2 nitrogen and oxygen atoms in total. The second-order valence-corrected chi connectivity index (χ2v) is 10.7. The number of hydrogen-bond donors (Lipinski definition) is 0. The van der Waals surface area contributed by atoms with Crippen molar-refractivity contribution in [2.24, 2.45) is 18.9 Å². The van der Waals surface area contributed by atoms with E-state index in [4.69, 9.17) is 4.98 Å². The summed E-state index contributed by atoms with van der Waals surface area (Å²) in [5, 5.41) is 4.02. The van der Waals surface area contributed by atoms with Gasteiger partial charge < -0.3 is 0 Å². The topological polar surface area (TPSA) is 16.8 Å². The van der Waals surface area contributed by atoms with Gasteiger partial charge in [-0.25, -0.2) is 4.57 Å². The lowest BCUT2D eigenvalue weighted by Crippen LogP contribution is -2.32. The number of benzene rings is 3. The minimum atomic E-state index is 0.740. The van der Waals surface area contributed by atoms with Gasteiger partial charge in [-0.3, -0.25) is 0 Å². The summed E-state index contributed by atoms with van der Waals surface area (Å²) in [6, 6.07) is 16.1. The van der Waals surface area contributed by atoms with Gasteiger partial charge in [0.25, 0.3) is 6.33 Å². The molecule has 0 saturated heterocycles. The lowest BCUT2D eigenvalue weighted by atomic mass is 9.83. The summed E-state index contributed by atoms with van der Waals surface area (Å²) in [7, 11) is 2.14. The van der Waals surface area contributed by atoms with Crippen molar-refractivity contribution in [1.82, 2.24) is 4.98 Å². The Morgan fingerprint density at radius 1 is 1.03 bits per heavy atom. The van der Waals surface area contributed by atoms with E-state index in [2.05, 4.69) is 61.0 Å². The van der Waals surface area contributed by atoms with Crippen LogP contribution in [-0.2, 0) is 7.05 Å². The standard InChI is InChI=1S/C27H25N2S/c1-15-20-6-4-3-5-17(20)12-23-25(15)27-26-22(28-14-29(27)2)11-19(13-24(26)30-23)21-10-16-7-8-18(21)9-16/h3-6,11-14,16,18,21H,7-10H2,1-2H3/q+1. The Morgan fingerprint density at radius 3 is 2.77 bits per heavy atom. The van der Waals surface area contributed by atoms with Crippen LogP contribution in [0.15, 0.2) is 58.6 Å². The van der Waals surface area contributed by atoms with E-state index in [0.29, 0.717) is 0 Å². The molecule has 4 aromatic rings. The molecule has 0 amide bonds. The van der Waals surface area contributed by atoms with Gasteiger partial charge in [-0.2, -0.15) is 0 Å². The van der Waals surface area contributed by atoms with Gasteiger partial charge in [-0.05, 0) is 89.0 Å². The first-order valence-electron chi connectivity index (χ1n) is 11.2. The third kappa shape index (κ3) is 2.27. The van der Waals surface area contributed by atoms with E-state index in [1.54, 1.807) is 0 Å². The number of fused-ring (bicyclic) bond motifs is 5. The first-order chi connectivity index (χ1) is 14.7. The van der Waals surface area contributed by atoms with E-state index in [9.17, 15) is 0 Å². The van der Waals surface area contributed by atoms with E-state index in [1.807, 2.05) is 18.1 Å². The maximum absolute atomic E-state index is 4.89.